The first-order chi connectivity index (χ1) is 14.9. The third-order valence-corrected chi connectivity index (χ3v) is 5.71. The third kappa shape index (κ3) is 4.47. The zero-order valence-electron chi connectivity index (χ0n) is 17.2. The van der Waals surface area contributed by atoms with Gasteiger partial charge in [0.15, 0.2) is 12.6 Å². The molecule has 2 aromatic rings. The minimum Gasteiger partial charge on any atom is -0.394 e. The van der Waals surface area contributed by atoms with Crippen molar-refractivity contribution in [2.75, 3.05) is 13.2 Å². The van der Waals surface area contributed by atoms with Gasteiger partial charge in [0.05, 0.1) is 18.1 Å². The van der Waals surface area contributed by atoms with E-state index in [1.54, 1.807) is 0 Å². The fourth-order valence-corrected chi connectivity index (χ4v) is 3.77. The van der Waals surface area contributed by atoms with Crippen LogP contribution in [0.4, 0.5) is 5.69 Å². The van der Waals surface area contributed by atoms with E-state index in [0.29, 0.717) is 5.56 Å². The summed E-state index contributed by atoms with van der Waals surface area (Å²) in [5.74, 6) is 0. The molecule has 0 aromatic heterocycles. The lowest BCUT2D eigenvalue weighted by Gasteiger charge is -2.47. The Bertz CT molecular complexity index is 934. The number of hydrogen-bond acceptors (Lipinski definition) is 8. The molecule has 4 rings (SSSR count). The second kappa shape index (κ2) is 8.99. The van der Waals surface area contributed by atoms with Crippen LogP contribution in [0.25, 0.3) is 0 Å². The molecule has 2 aliphatic heterocycles. The Balaban J connectivity index is 1.55. The molecule has 0 aliphatic carbocycles. The topological polar surface area (TPSA) is 121 Å². The van der Waals surface area contributed by atoms with E-state index in [1.807, 2.05) is 32.0 Å². The largest absolute Gasteiger partial charge is 0.394 e. The number of nitro groups is 1. The molecule has 9 heteroatoms. The van der Waals surface area contributed by atoms with E-state index < -0.39 is 48.5 Å². The van der Waals surface area contributed by atoms with Gasteiger partial charge in [0.2, 0.25) is 0 Å². The van der Waals surface area contributed by atoms with Gasteiger partial charge in [-0.15, -0.1) is 0 Å². The number of non-ortho nitro benzene ring substituents is 1. The predicted octanol–water partition coefficient (Wildman–Crippen LogP) is 2.46. The van der Waals surface area contributed by atoms with E-state index in [9.17, 15) is 20.3 Å². The molecule has 6 atom stereocenters. The van der Waals surface area contributed by atoms with E-state index in [2.05, 4.69) is 0 Å². The van der Waals surface area contributed by atoms with E-state index in [1.165, 1.54) is 24.3 Å². The SMILES string of the molecule is Cc1ccc(C2OC[C@@H]3OC(c4ccc([N+](=O)[O-])cc4)O[C@H]([C@H](O)CO)[C@@H]3O2)cc1C. The Morgan fingerprint density at radius 3 is 2.39 bits per heavy atom. The minimum atomic E-state index is -1.20. The maximum absolute atomic E-state index is 10.9. The van der Waals surface area contributed by atoms with Gasteiger partial charge < -0.3 is 29.2 Å². The summed E-state index contributed by atoms with van der Waals surface area (Å²) in [7, 11) is 0. The molecule has 2 aromatic carbocycles. The Morgan fingerprint density at radius 1 is 1.03 bits per heavy atom. The van der Waals surface area contributed by atoms with Crippen molar-refractivity contribution in [2.24, 2.45) is 0 Å². The number of ether oxygens (including phenoxy) is 4. The molecule has 2 unspecified atom stereocenters. The molecule has 0 amide bonds. The maximum Gasteiger partial charge on any atom is 0.269 e. The van der Waals surface area contributed by atoms with Crippen molar-refractivity contribution in [1.82, 2.24) is 0 Å². The van der Waals surface area contributed by atoms with Crippen molar-refractivity contribution in [3.05, 3.63) is 74.8 Å². The number of aryl methyl sites for hydroxylation is 2. The summed E-state index contributed by atoms with van der Waals surface area (Å²) in [6.07, 6.45) is -4.84. The number of aliphatic hydroxyl groups excluding tert-OH is 2. The highest BCUT2D eigenvalue weighted by molar-refractivity contribution is 5.33. The van der Waals surface area contributed by atoms with Crippen LogP contribution in [0.3, 0.4) is 0 Å². The third-order valence-electron chi connectivity index (χ3n) is 5.71. The molecule has 2 N–H and O–H groups in total. The Hall–Kier alpha value is -2.40. The fraction of sp³-hybridized carbons (Fsp3) is 0.455. The molecule has 0 bridgehead atoms. The maximum atomic E-state index is 10.9. The Labute approximate surface area is 179 Å². The highest BCUT2D eigenvalue weighted by atomic mass is 16.8. The lowest BCUT2D eigenvalue weighted by molar-refractivity contribution is -0.385. The normalized spacial score (nSPS) is 29.2. The molecular weight excluding hydrogens is 406 g/mol. The first-order valence-electron chi connectivity index (χ1n) is 10.1. The first-order valence-corrected chi connectivity index (χ1v) is 10.1. The summed E-state index contributed by atoms with van der Waals surface area (Å²) >= 11 is 0. The molecule has 0 radical (unpaired) electrons. The van der Waals surface area contributed by atoms with E-state index >= 15 is 0 Å². The summed E-state index contributed by atoms with van der Waals surface area (Å²) in [6, 6.07) is 11.7. The van der Waals surface area contributed by atoms with Crippen molar-refractivity contribution in [3.63, 3.8) is 0 Å². The summed E-state index contributed by atoms with van der Waals surface area (Å²) < 4.78 is 23.9. The van der Waals surface area contributed by atoms with Gasteiger partial charge in [-0.1, -0.05) is 18.2 Å². The number of fused-ring (bicyclic) bond motifs is 1. The molecule has 0 spiro atoms. The Morgan fingerprint density at radius 2 is 1.74 bits per heavy atom. The molecule has 2 aliphatic rings. The van der Waals surface area contributed by atoms with Crippen molar-refractivity contribution >= 4 is 5.69 Å². The number of nitrogens with zero attached hydrogens (tertiary/aromatic N) is 1. The minimum absolute atomic E-state index is 0.0510. The molecule has 31 heavy (non-hydrogen) atoms. The van der Waals surface area contributed by atoms with Gasteiger partial charge in [0.1, 0.15) is 24.4 Å². The molecular formula is C22H25NO8. The smallest absolute Gasteiger partial charge is 0.269 e. The average Bonchev–Trinajstić information content (AvgIpc) is 2.79. The van der Waals surface area contributed by atoms with Crippen LogP contribution in [0, 0.1) is 24.0 Å². The standard InChI is InChI=1S/C22H25NO8/c1-12-3-4-15(9-13(12)2)21-28-11-18-20(31-21)19(17(25)10-24)30-22(29-18)14-5-7-16(8-6-14)23(26)27/h3-9,17-22,24-25H,10-11H2,1-2H3/t17-,18+,19-,20-,21?,22?/m1/s1. The van der Waals surface area contributed by atoms with Gasteiger partial charge in [0, 0.05) is 23.3 Å². The first kappa shape index (κ1) is 21.8. The monoisotopic (exact) mass is 431 g/mol. The summed E-state index contributed by atoms with van der Waals surface area (Å²) in [6.45, 7) is 3.71. The number of rotatable bonds is 5. The van der Waals surface area contributed by atoms with E-state index in [0.717, 1.165) is 16.7 Å². The number of aliphatic hydroxyl groups is 2. The molecule has 0 saturated carbocycles. The summed E-state index contributed by atoms with van der Waals surface area (Å²) in [5, 5.41) is 30.8. The van der Waals surface area contributed by atoms with Crippen molar-refractivity contribution in [3.8, 4) is 0 Å². The quantitative estimate of drug-likeness (QED) is 0.547. The zero-order chi connectivity index (χ0) is 22.1. The number of hydrogen-bond donors (Lipinski definition) is 2. The number of benzene rings is 2. The number of nitro benzene ring substituents is 1. The second-order valence-electron chi connectivity index (χ2n) is 7.82. The van der Waals surface area contributed by atoms with Crippen LogP contribution in [0.1, 0.15) is 34.8 Å². The fourth-order valence-electron chi connectivity index (χ4n) is 3.77. The van der Waals surface area contributed by atoms with Gasteiger partial charge in [-0.05, 0) is 37.1 Å². The molecule has 2 heterocycles. The molecule has 2 fully saturated rings. The van der Waals surface area contributed by atoms with Crippen molar-refractivity contribution in [2.45, 2.75) is 50.8 Å². The highest BCUT2D eigenvalue weighted by Crippen LogP contribution is 2.39. The van der Waals surface area contributed by atoms with Gasteiger partial charge in [-0.3, -0.25) is 10.1 Å². The van der Waals surface area contributed by atoms with E-state index in [-0.39, 0.29) is 12.3 Å². The van der Waals surface area contributed by atoms with Crippen molar-refractivity contribution < 1.29 is 34.1 Å². The van der Waals surface area contributed by atoms with Crippen LogP contribution >= 0.6 is 0 Å². The summed E-state index contributed by atoms with van der Waals surface area (Å²) in [4.78, 5) is 10.4. The van der Waals surface area contributed by atoms with Crippen LogP contribution in [-0.4, -0.2) is 52.8 Å². The average molecular weight is 431 g/mol. The zero-order valence-corrected chi connectivity index (χ0v) is 17.2. The van der Waals surface area contributed by atoms with Crippen LogP contribution in [0.2, 0.25) is 0 Å². The van der Waals surface area contributed by atoms with Gasteiger partial charge in [-0.2, -0.15) is 0 Å². The van der Waals surface area contributed by atoms with E-state index in [4.69, 9.17) is 18.9 Å². The Kier molecular flexibility index (Phi) is 6.33. The highest BCUT2D eigenvalue weighted by Gasteiger charge is 2.48. The molecule has 9 nitrogen and oxygen atoms in total. The van der Waals surface area contributed by atoms with Crippen LogP contribution in [-0.2, 0) is 18.9 Å². The van der Waals surface area contributed by atoms with Crippen molar-refractivity contribution in [1.29, 1.82) is 0 Å². The van der Waals surface area contributed by atoms with Crippen LogP contribution in [0.5, 0.6) is 0 Å². The lowest BCUT2D eigenvalue weighted by Crippen LogP contribution is -2.58. The van der Waals surface area contributed by atoms with Gasteiger partial charge in [0.25, 0.3) is 5.69 Å². The van der Waals surface area contributed by atoms with Gasteiger partial charge >= 0.3 is 0 Å². The molecule has 2 saturated heterocycles. The van der Waals surface area contributed by atoms with Crippen LogP contribution in [0.15, 0.2) is 42.5 Å². The lowest BCUT2D eigenvalue weighted by atomic mass is 9.99. The molecule has 166 valence electrons. The van der Waals surface area contributed by atoms with Gasteiger partial charge in [-0.25, -0.2) is 0 Å². The predicted molar refractivity (Wildman–Crippen MR) is 108 cm³/mol. The van der Waals surface area contributed by atoms with Crippen LogP contribution < -0.4 is 0 Å². The second-order valence-corrected chi connectivity index (χ2v) is 7.82. The summed E-state index contributed by atoms with van der Waals surface area (Å²) in [5.41, 5.74) is 3.60.